The summed E-state index contributed by atoms with van der Waals surface area (Å²) in [6, 6.07) is 9.97. The van der Waals surface area contributed by atoms with E-state index in [-0.39, 0.29) is 5.37 Å². The number of hydrogen-bond acceptors (Lipinski definition) is 3. The fourth-order valence-electron chi connectivity index (χ4n) is 0.497. The molecule has 0 aliphatic heterocycles. The van der Waals surface area contributed by atoms with E-state index in [1.165, 1.54) is 0 Å². The maximum atomic E-state index is 9.37. The number of aliphatic carboxylic acids is 1. The highest BCUT2D eigenvalue weighted by Gasteiger charge is 1.83. The van der Waals surface area contributed by atoms with E-state index >= 15 is 0 Å². The van der Waals surface area contributed by atoms with Crippen molar-refractivity contribution in [3.05, 3.63) is 34.8 Å². The quantitative estimate of drug-likeness (QED) is 0.784. The second kappa shape index (κ2) is 7.28. The molecule has 14 heavy (non-hydrogen) atoms. The van der Waals surface area contributed by atoms with Crippen LogP contribution in [-0.4, -0.2) is 24.9 Å². The summed E-state index contributed by atoms with van der Waals surface area (Å²) in [6.07, 6.45) is 0. The summed E-state index contributed by atoms with van der Waals surface area (Å²) in [5.74, 6) is -1.45. The van der Waals surface area contributed by atoms with Gasteiger partial charge in [0.05, 0.1) is 0 Å². The second-order valence-corrected chi connectivity index (χ2v) is 3.68. The van der Waals surface area contributed by atoms with Crippen LogP contribution in [0.2, 0.25) is 0 Å². The van der Waals surface area contributed by atoms with Gasteiger partial charge in [-0.1, -0.05) is 34.1 Å². The number of carboxylic acid groups (broad SMARTS) is 1. The Balaban J connectivity index is 0.000000241. The maximum absolute atomic E-state index is 9.37. The Bertz CT molecular complexity index is 402. The molecule has 0 heterocycles. The molecule has 0 bridgehead atoms. The number of carboxylic acids is 1. The van der Waals surface area contributed by atoms with Gasteiger partial charge in [-0.3, -0.25) is 0 Å². The minimum absolute atomic E-state index is 0.167. The Morgan fingerprint density at radius 3 is 1.93 bits per heavy atom. The molecule has 0 atom stereocenters. The van der Waals surface area contributed by atoms with Crippen LogP contribution < -0.4 is 0 Å². The third-order valence-corrected chi connectivity index (χ3v) is 1.85. The molecular formula is C8H7BrO4S. The second-order valence-electron chi connectivity index (χ2n) is 2.01. The lowest BCUT2D eigenvalue weighted by molar-refractivity contribution is -0.128. The summed E-state index contributed by atoms with van der Waals surface area (Å²) >= 11 is 3.31. The SMILES string of the molecule is Brc1ccccc1.O=C(O)C=S(=O)=O. The monoisotopic (exact) mass is 278 g/mol. The van der Waals surface area contributed by atoms with Gasteiger partial charge < -0.3 is 5.11 Å². The van der Waals surface area contributed by atoms with Crippen LogP contribution in [0.4, 0.5) is 0 Å². The first-order chi connectivity index (χ1) is 6.52. The smallest absolute Gasteiger partial charge is 0.343 e. The molecule has 0 amide bonds. The molecule has 1 aromatic carbocycles. The van der Waals surface area contributed by atoms with Gasteiger partial charge in [0, 0.05) is 4.47 Å². The van der Waals surface area contributed by atoms with Gasteiger partial charge in [-0.15, -0.1) is 0 Å². The molecule has 0 spiro atoms. The largest absolute Gasteiger partial charge is 0.477 e. The third kappa shape index (κ3) is 8.95. The first kappa shape index (κ1) is 12.9. The third-order valence-electron chi connectivity index (χ3n) is 0.930. The van der Waals surface area contributed by atoms with E-state index in [2.05, 4.69) is 15.9 Å². The average molecular weight is 279 g/mol. The molecule has 76 valence electrons. The van der Waals surface area contributed by atoms with Gasteiger partial charge in [0.15, 0.2) is 0 Å². The Morgan fingerprint density at radius 2 is 1.79 bits per heavy atom. The highest BCUT2D eigenvalue weighted by Crippen LogP contribution is 2.05. The van der Waals surface area contributed by atoms with E-state index in [4.69, 9.17) is 5.11 Å². The number of hydrogen-bond donors (Lipinski definition) is 1. The Morgan fingerprint density at radius 1 is 1.29 bits per heavy atom. The number of rotatable bonds is 1. The zero-order chi connectivity index (χ0) is 11.0. The van der Waals surface area contributed by atoms with Crippen LogP contribution >= 0.6 is 15.9 Å². The molecule has 0 saturated carbocycles. The van der Waals surface area contributed by atoms with Gasteiger partial charge in [0.2, 0.25) is 10.3 Å². The van der Waals surface area contributed by atoms with Gasteiger partial charge in [-0.2, -0.15) is 8.42 Å². The van der Waals surface area contributed by atoms with E-state index in [0.29, 0.717) is 0 Å². The van der Waals surface area contributed by atoms with Crippen LogP contribution in [0.1, 0.15) is 0 Å². The number of carbonyl (C=O) groups is 1. The molecule has 0 aliphatic carbocycles. The molecule has 6 heteroatoms. The van der Waals surface area contributed by atoms with E-state index in [1.54, 1.807) is 0 Å². The van der Waals surface area contributed by atoms with Crippen molar-refractivity contribution in [3.63, 3.8) is 0 Å². The van der Waals surface area contributed by atoms with Crippen molar-refractivity contribution in [1.82, 2.24) is 0 Å². The lowest BCUT2D eigenvalue weighted by atomic mass is 10.4. The predicted octanol–water partition coefficient (Wildman–Crippen LogP) is 1.20. The minimum Gasteiger partial charge on any atom is -0.477 e. The zero-order valence-corrected chi connectivity index (χ0v) is 9.32. The van der Waals surface area contributed by atoms with Crippen LogP contribution in [0.3, 0.4) is 0 Å². The van der Waals surface area contributed by atoms with Crippen LogP contribution in [0.15, 0.2) is 34.8 Å². The lowest BCUT2D eigenvalue weighted by Crippen LogP contribution is -1.94. The van der Waals surface area contributed by atoms with Crippen molar-refractivity contribution in [3.8, 4) is 0 Å². The van der Waals surface area contributed by atoms with E-state index in [0.717, 1.165) is 4.47 Å². The summed E-state index contributed by atoms with van der Waals surface area (Å²) in [5, 5.41) is 7.80. The molecule has 0 unspecified atom stereocenters. The van der Waals surface area contributed by atoms with E-state index < -0.39 is 16.3 Å². The molecule has 0 fully saturated rings. The van der Waals surface area contributed by atoms with Gasteiger partial charge >= 0.3 is 5.97 Å². The maximum Gasteiger partial charge on any atom is 0.343 e. The Hall–Kier alpha value is -1.14. The van der Waals surface area contributed by atoms with E-state index in [1.807, 2.05) is 30.3 Å². The zero-order valence-electron chi connectivity index (χ0n) is 6.92. The topological polar surface area (TPSA) is 71.4 Å². The highest BCUT2D eigenvalue weighted by atomic mass is 79.9. The number of benzene rings is 1. The van der Waals surface area contributed by atoms with Crippen LogP contribution in [0.25, 0.3) is 0 Å². The van der Waals surface area contributed by atoms with Crippen molar-refractivity contribution < 1.29 is 18.3 Å². The molecule has 1 N–H and O–H groups in total. The van der Waals surface area contributed by atoms with Crippen molar-refractivity contribution in [2.75, 3.05) is 0 Å². The summed E-state index contributed by atoms with van der Waals surface area (Å²) in [6.45, 7) is 0. The standard InChI is InChI=1S/C6H5Br.C2H2O4S/c7-6-4-2-1-3-5-6;3-2(4)1-7(5)6/h1-5H;1H,(H,3,4). The number of halogens is 1. The fourth-order valence-corrected chi connectivity index (χ4v) is 0.967. The van der Waals surface area contributed by atoms with Crippen molar-refractivity contribution in [2.45, 2.75) is 0 Å². The normalized spacial score (nSPS) is 8.07. The summed E-state index contributed by atoms with van der Waals surface area (Å²) < 4.78 is 19.9. The summed E-state index contributed by atoms with van der Waals surface area (Å²) in [5.41, 5.74) is 0. The van der Waals surface area contributed by atoms with Crippen molar-refractivity contribution in [1.29, 1.82) is 0 Å². The molecular weight excluding hydrogens is 272 g/mol. The highest BCUT2D eigenvalue weighted by molar-refractivity contribution is 9.10. The summed E-state index contributed by atoms with van der Waals surface area (Å²) in [4.78, 5) is 9.36. The first-order valence-corrected chi connectivity index (χ1v) is 5.32. The van der Waals surface area contributed by atoms with Gasteiger partial charge in [0.1, 0.15) is 5.37 Å². The van der Waals surface area contributed by atoms with Gasteiger partial charge in [-0.05, 0) is 12.1 Å². The van der Waals surface area contributed by atoms with Crippen LogP contribution in [-0.2, 0) is 15.1 Å². The Labute approximate surface area is 90.9 Å². The van der Waals surface area contributed by atoms with Gasteiger partial charge in [0.25, 0.3) is 0 Å². The average Bonchev–Trinajstić information content (AvgIpc) is 2.03. The lowest BCUT2D eigenvalue weighted by Gasteiger charge is -1.80. The van der Waals surface area contributed by atoms with Crippen LogP contribution in [0.5, 0.6) is 0 Å². The molecule has 0 saturated heterocycles. The first-order valence-electron chi connectivity index (χ1n) is 3.39. The molecule has 0 aliphatic rings. The molecule has 0 aromatic heterocycles. The molecule has 1 rings (SSSR count). The molecule has 0 radical (unpaired) electrons. The minimum atomic E-state index is -2.57. The van der Waals surface area contributed by atoms with Crippen molar-refractivity contribution in [2.24, 2.45) is 0 Å². The fraction of sp³-hybridized carbons (Fsp3) is 0. The van der Waals surface area contributed by atoms with Crippen molar-refractivity contribution >= 4 is 37.6 Å². The predicted molar refractivity (Wildman–Crippen MR) is 56.8 cm³/mol. The van der Waals surface area contributed by atoms with E-state index in [9.17, 15) is 13.2 Å². The Kier molecular flexibility index (Phi) is 6.69. The molecule has 1 aromatic rings. The van der Waals surface area contributed by atoms with Crippen LogP contribution in [0, 0.1) is 0 Å². The summed E-state index contributed by atoms with van der Waals surface area (Å²) in [7, 11) is -2.57. The van der Waals surface area contributed by atoms with Gasteiger partial charge in [-0.25, -0.2) is 4.79 Å². The molecule has 4 nitrogen and oxygen atoms in total.